The highest BCUT2D eigenvalue weighted by atomic mass is 16.5. The number of amides is 1. The first-order chi connectivity index (χ1) is 9.17. The highest BCUT2D eigenvalue weighted by molar-refractivity contribution is 5.78. The molecule has 0 aromatic heterocycles. The maximum atomic E-state index is 11.7. The summed E-state index contributed by atoms with van der Waals surface area (Å²) < 4.78 is 5.24. The van der Waals surface area contributed by atoms with E-state index >= 15 is 0 Å². The third-order valence-electron chi connectivity index (χ3n) is 3.82. The van der Waals surface area contributed by atoms with E-state index in [2.05, 4.69) is 24.5 Å². The summed E-state index contributed by atoms with van der Waals surface area (Å²) in [5, 5.41) is 15.9. The Labute approximate surface area is 116 Å². The van der Waals surface area contributed by atoms with Crippen LogP contribution in [0.2, 0.25) is 0 Å². The Morgan fingerprint density at radius 3 is 2.53 bits per heavy atom. The van der Waals surface area contributed by atoms with Gasteiger partial charge in [-0.05, 0) is 18.8 Å². The van der Waals surface area contributed by atoms with Gasteiger partial charge in [-0.25, -0.2) is 0 Å². The monoisotopic (exact) mass is 272 g/mol. The van der Waals surface area contributed by atoms with E-state index in [-0.39, 0.29) is 24.6 Å². The number of aliphatic hydroxyl groups is 1. The second-order valence-corrected chi connectivity index (χ2v) is 5.23. The Hall–Kier alpha value is -0.650. The standard InChI is InChI=1S/C14H28N2O3/c1-3-11(4-2)13(17)9-15-10-14(18)16-12-5-7-19-8-6-12/h11-13,15,17H,3-10H2,1-2H3,(H,16,18). The van der Waals surface area contributed by atoms with Crippen LogP contribution in [0, 0.1) is 5.92 Å². The Balaban J connectivity index is 2.12. The Morgan fingerprint density at radius 2 is 1.95 bits per heavy atom. The van der Waals surface area contributed by atoms with E-state index in [1.807, 2.05) is 0 Å². The maximum Gasteiger partial charge on any atom is 0.234 e. The molecule has 0 aromatic carbocycles. The Kier molecular flexibility index (Phi) is 8.02. The van der Waals surface area contributed by atoms with Crippen LogP contribution < -0.4 is 10.6 Å². The van der Waals surface area contributed by atoms with Crippen molar-refractivity contribution in [2.45, 2.75) is 51.7 Å². The molecule has 1 amide bonds. The summed E-state index contributed by atoms with van der Waals surface area (Å²) in [6.07, 6.45) is 3.34. The van der Waals surface area contributed by atoms with Gasteiger partial charge in [0.15, 0.2) is 0 Å². The second kappa shape index (κ2) is 9.28. The molecule has 1 aliphatic heterocycles. The van der Waals surface area contributed by atoms with Gasteiger partial charge in [-0.3, -0.25) is 4.79 Å². The van der Waals surface area contributed by atoms with Crippen molar-refractivity contribution < 1.29 is 14.6 Å². The molecular formula is C14H28N2O3. The maximum absolute atomic E-state index is 11.7. The van der Waals surface area contributed by atoms with Crippen LogP contribution in [0.5, 0.6) is 0 Å². The van der Waals surface area contributed by atoms with E-state index in [9.17, 15) is 9.90 Å². The predicted octanol–water partition coefficient (Wildman–Crippen LogP) is 0.668. The van der Waals surface area contributed by atoms with E-state index in [0.717, 1.165) is 38.9 Å². The second-order valence-electron chi connectivity index (χ2n) is 5.23. The van der Waals surface area contributed by atoms with Gasteiger partial charge in [0.05, 0.1) is 12.6 Å². The van der Waals surface area contributed by atoms with E-state index in [1.165, 1.54) is 0 Å². The quantitative estimate of drug-likeness (QED) is 0.607. The first-order valence-corrected chi connectivity index (χ1v) is 7.43. The molecule has 0 aliphatic carbocycles. The lowest BCUT2D eigenvalue weighted by Gasteiger charge is -2.24. The molecule has 1 fully saturated rings. The fraction of sp³-hybridized carbons (Fsp3) is 0.929. The van der Waals surface area contributed by atoms with Crippen LogP contribution >= 0.6 is 0 Å². The van der Waals surface area contributed by atoms with Gasteiger partial charge >= 0.3 is 0 Å². The van der Waals surface area contributed by atoms with Gasteiger partial charge < -0.3 is 20.5 Å². The number of ether oxygens (including phenoxy) is 1. The van der Waals surface area contributed by atoms with Crippen molar-refractivity contribution in [3.05, 3.63) is 0 Å². The van der Waals surface area contributed by atoms with Crippen LogP contribution in [0.1, 0.15) is 39.5 Å². The van der Waals surface area contributed by atoms with Crippen molar-refractivity contribution in [1.82, 2.24) is 10.6 Å². The minimum absolute atomic E-state index is 0.00338. The number of aliphatic hydroxyl groups excluding tert-OH is 1. The van der Waals surface area contributed by atoms with Crippen molar-refractivity contribution >= 4 is 5.91 Å². The van der Waals surface area contributed by atoms with E-state index in [4.69, 9.17) is 4.74 Å². The molecule has 1 saturated heterocycles. The average molecular weight is 272 g/mol. The fourth-order valence-electron chi connectivity index (χ4n) is 2.45. The molecule has 19 heavy (non-hydrogen) atoms. The Morgan fingerprint density at radius 1 is 1.32 bits per heavy atom. The van der Waals surface area contributed by atoms with Crippen LogP contribution in [0.3, 0.4) is 0 Å². The largest absolute Gasteiger partial charge is 0.392 e. The van der Waals surface area contributed by atoms with Crippen LogP contribution in [-0.2, 0) is 9.53 Å². The van der Waals surface area contributed by atoms with Crippen LogP contribution in [0.4, 0.5) is 0 Å². The van der Waals surface area contributed by atoms with Crippen LogP contribution in [-0.4, -0.2) is 49.5 Å². The molecule has 1 heterocycles. The van der Waals surface area contributed by atoms with Crippen molar-refractivity contribution in [2.24, 2.45) is 5.92 Å². The lowest BCUT2D eigenvalue weighted by molar-refractivity contribution is -0.121. The molecule has 0 radical (unpaired) electrons. The zero-order chi connectivity index (χ0) is 14.1. The van der Waals surface area contributed by atoms with Gasteiger partial charge in [0.1, 0.15) is 0 Å². The smallest absolute Gasteiger partial charge is 0.234 e. The third kappa shape index (κ3) is 6.36. The molecule has 112 valence electrons. The summed E-state index contributed by atoms with van der Waals surface area (Å²) in [6.45, 7) is 6.37. The molecule has 0 spiro atoms. The van der Waals surface area contributed by atoms with Gasteiger partial charge in [0.2, 0.25) is 5.91 Å². The average Bonchev–Trinajstić information content (AvgIpc) is 2.41. The topological polar surface area (TPSA) is 70.6 Å². The van der Waals surface area contributed by atoms with Crippen LogP contribution in [0.25, 0.3) is 0 Å². The van der Waals surface area contributed by atoms with Gasteiger partial charge in [-0.15, -0.1) is 0 Å². The highest BCUT2D eigenvalue weighted by Crippen LogP contribution is 2.12. The van der Waals surface area contributed by atoms with Gasteiger partial charge in [0.25, 0.3) is 0 Å². The molecule has 5 nitrogen and oxygen atoms in total. The van der Waals surface area contributed by atoms with Gasteiger partial charge in [-0.1, -0.05) is 26.7 Å². The molecule has 0 bridgehead atoms. The lowest BCUT2D eigenvalue weighted by Crippen LogP contribution is -2.44. The summed E-state index contributed by atoms with van der Waals surface area (Å²) in [5.74, 6) is 0.315. The lowest BCUT2D eigenvalue weighted by atomic mass is 9.96. The number of carbonyl (C=O) groups is 1. The normalized spacial score (nSPS) is 18.5. The van der Waals surface area contributed by atoms with Crippen LogP contribution in [0.15, 0.2) is 0 Å². The minimum atomic E-state index is -0.370. The molecular weight excluding hydrogens is 244 g/mol. The molecule has 3 N–H and O–H groups in total. The Bertz CT molecular complexity index is 251. The number of hydrogen-bond acceptors (Lipinski definition) is 4. The predicted molar refractivity (Wildman–Crippen MR) is 74.9 cm³/mol. The van der Waals surface area contributed by atoms with Crippen molar-refractivity contribution in [3.8, 4) is 0 Å². The number of hydrogen-bond donors (Lipinski definition) is 3. The first kappa shape index (κ1) is 16.4. The van der Waals surface area contributed by atoms with Gasteiger partial charge in [0, 0.05) is 25.8 Å². The summed E-state index contributed by atoms with van der Waals surface area (Å²) in [6, 6.07) is 0.243. The zero-order valence-corrected chi connectivity index (χ0v) is 12.2. The molecule has 1 unspecified atom stereocenters. The third-order valence-corrected chi connectivity index (χ3v) is 3.82. The molecule has 1 atom stereocenters. The highest BCUT2D eigenvalue weighted by Gasteiger charge is 2.17. The van der Waals surface area contributed by atoms with Crippen molar-refractivity contribution in [2.75, 3.05) is 26.3 Å². The van der Waals surface area contributed by atoms with E-state index in [0.29, 0.717) is 12.5 Å². The van der Waals surface area contributed by atoms with Gasteiger partial charge in [-0.2, -0.15) is 0 Å². The summed E-state index contributed by atoms with van der Waals surface area (Å²) in [5.41, 5.74) is 0. The summed E-state index contributed by atoms with van der Waals surface area (Å²) >= 11 is 0. The van der Waals surface area contributed by atoms with Crippen molar-refractivity contribution in [3.63, 3.8) is 0 Å². The molecule has 0 saturated carbocycles. The molecule has 0 aromatic rings. The number of nitrogens with one attached hydrogen (secondary N) is 2. The summed E-state index contributed by atoms with van der Waals surface area (Å²) in [7, 11) is 0. The minimum Gasteiger partial charge on any atom is -0.392 e. The van der Waals surface area contributed by atoms with E-state index in [1.54, 1.807) is 0 Å². The summed E-state index contributed by atoms with van der Waals surface area (Å²) in [4.78, 5) is 11.7. The molecule has 5 heteroatoms. The zero-order valence-electron chi connectivity index (χ0n) is 12.2. The SMILES string of the molecule is CCC(CC)C(O)CNCC(=O)NC1CCOCC1. The number of carbonyl (C=O) groups excluding carboxylic acids is 1. The molecule has 1 rings (SSSR count). The fourth-order valence-corrected chi connectivity index (χ4v) is 2.45. The molecule has 1 aliphatic rings. The van der Waals surface area contributed by atoms with Crippen molar-refractivity contribution in [1.29, 1.82) is 0 Å². The first-order valence-electron chi connectivity index (χ1n) is 7.43. The number of rotatable bonds is 8. The van der Waals surface area contributed by atoms with E-state index < -0.39 is 0 Å².